The van der Waals surface area contributed by atoms with Crippen LogP contribution in [0.1, 0.15) is 28.5 Å². The minimum atomic E-state index is -4.95. The zero-order chi connectivity index (χ0) is 24.2. The van der Waals surface area contributed by atoms with Crippen LogP contribution in [0.2, 0.25) is 0 Å². The average molecular weight is 478 g/mol. The Bertz CT molecular complexity index is 1150. The molecule has 2 heterocycles. The Kier molecular flexibility index (Phi) is 7.42. The minimum Gasteiger partial charge on any atom is -0.461 e. The normalized spacial score (nSPS) is 11.3. The first-order chi connectivity index (χ1) is 15.6. The Morgan fingerprint density at radius 1 is 1.18 bits per heavy atom. The number of aromatic nitrogens is 2. The number of carbonyl (C=O) groups is 2. The number of furan rings is 1. The van der Waals surface area contributed by atoms with Gasteiger partial charge >= 0.3 is 12.1 Å². The van der Waals surface area contributed by atoms with E-state index in [-0.39, 0.29) is 18.7 Å². The lowest BCUT2D eigenvalue weighted by Gasteiger charge is -2.22. The SMILES string of the molecule is CCN(Cc1cccc(NC(=O)c2c(C)nc(-c3ccco3)nc2SC)c1)C(=O)C(F)(F)F. The van der Waals surface area contributed by atoms with E-state index in [1.54, 1.807) is 43.5 Å². The third-order valence-electron chi connectivity index (χ3n) is 4.69. The summed E-state index contributed by atoms with van der Waals surface area (Å²) < 4.78 is 43.7. The third-order valence-corrected chi connectivity index (χ3v) is 5.37. The molecule has 0 aliphatic heterocycles. The molecule has 11 heteroatoms. The fraction of sp³-hybridized carbons (Fsp3) is 0.273. The zero-order valence-electron chi connectivity index (χ0n) is 18.1. The van der Waals surface area contributed by atoms with Crippen molar-refractivity contribution >= 4 is 29.3 Å². The fourth-order valence-corrected chi connectivity index (χ4v) is 3.76. The van der Waals surface area contributed by atoms with Crippen molar-refractivity contribution in [3.63, 3.8) is 0 Å². The molecule has 0 saturated carbocycles. The molecule has 7 nitrogen and oxygen atoms in total. The van der Waals surface area contributed by atoms with Crippen LogP contribution < -0.4 is 5.32 Å². The van der Waals surface area contributed by atoms with Crippen LogP contribution in [-0.4, -0.2) is 45.7 Å². The summed E-state index contributed by atoms with van der Waals surface area (Å²) in [5.41, 5.74) is 1.54. The molecule has 1 aromatic carbocycles. The molecular weight excluding hydrogens is 457 g/mol. The Labute approximate surface area is 192 Å². The quantitative estimate of drug-likeness (QED) is 0.383. The van der Waals surface area contributed by atoms with Crippen molar-refractivity contribution in [1.82, 2.24) is 14.9 Å². The molecule has 2 amide bonds. The van der Waals surface area contributed by atoms with Gasteiger partial charge in [0, 0.05) is 18.8 Å². The highest BCUT2D eigenvalue weighted by molar-refractivity contribution is 7.98. The molecule has 174 valence electrons. The number of carbonyl (C=O) groups excluding carboxylic acids is 2. The van der Waals surface area contributed by atoms with Crippen molar-refractivity contribution in [3.05, 3.63) is 59.5 Å². The van der Waals surface area contributed by atoms with Gasteiger partial charge in [-0.1, -0.05) is 12.1 Å². The van der Waals surface area contributed by atoms with Crippen LogP contribution in [0.4, 0.5) is 18.9 Å². The first-order valence-corrected chi connectivity index (χ1v) is 11.1. The van der Waals surface area contributed by atoms with Crippen LogP contribution in [0, 0.1) is 6.92 Å². The standard InChI is InChI=1S/C22H21F3N4O3S/c1-4-29(21(31)22(23,24)25)12-14-7-5-8-15(11-14)27-19(30)17-13(2)26-18(28-20(17)33-3)16-9-6-10-32-16/h5-11H,4,12H2,1-3H3,(H,27,30). The number of nitrogens with zero attached hydrogens (tertiary/aromatic N) is 3. The van der Waals surface area contributed by atoms with Crippen molar-refractivity contribution in [1.29, 1.82) is 0 Å². The fourth-order valence-electron chi connectivity index (χ4n) is 3.14. The monoisotopic (exact) mass is 478 g/mol. The molecule has 2 aromatic heterocycles. The number of thioether (sulfide) groups is 1. The van der Waals surface area contributed by atoms with Gasteiger partial charge in [0.1, 0.15) is 5.03 Å². The van der Waals surface area contributed by atoms with Gasteiger partial charge in [-0.05, 0) is 49.9 Å². The maximum Gasteiger partial charge on any atom is 0.471 e. The van der Waals surface area contributed by atoms with Gasteiger partial charge < -0.3 is 14.6 Å². The van der Waals surface area contributed by atoms with Crippen LogP contribution in [0.5, 0.6) is 0 Å². The Balaban J connectivity index is 1.82. The van der Waals surface area contributed by atoms with E-state index < -0.39 is 18.0 Å². The number of rotatable bonds is 7. The molecule has 1 N–H and O–H groups in total. The van der Waals surface area contributed by atoms with Crippen LogP contribution in [0.15, 0.2) is 52.1 Å². The second-order valence-corrected chi connectivity index (χ2v) is 7.76. The lowest BCUT2D eigenvalue weighted by Crippen LogP contribution is -2.40. The number of benzene rings is 1. The zero-order valence-corrected chi connectivity index (χ0v) is 18.9. The number of anilines is 1. The number of nitrogens with one attached hydrogen (secondary N) is 1. The number of amides is 2. The van der Waals surface area contributed by atoms with E-state index in [9.17, 15) is 22.8 Å². The second-order valence-electron chi connectivity index (χ2n) is 6.97. The molecular formula is C22H21F3N4O3S. The van der Waals surface area contributed by atoms with Crippen LogP contribution >= 0.6 is 11.8 Å². The van der Waals surface area contributed by atoms with E-state index in [0.717, 1.165) is 0 Å². The molecule has 33 heavy (non-hydrogen) atoms. The van der Waals surface area contributed by atoms with Crippen molar-refractivity contribution in [2.75, 3.05) is 18.1 Å². The molecule has 0 aliphatic carbocycles. The molecule has 3 aromatic rings. The van der Waals surface area contributed by atoms with Gasteiger partial charge in [-0.2, -0.15) is 13.2 Å². The van der Waals surface area contributed by atoms with E-state index in [0.29, 0.717) is 38.5 Å². The van der Waals surface area contributed by atoms with E-state index in [4.69, 9.17) is 4.42 Å². The molecule has 0 unspecified atom stereocenters. The second kappa shape index (κ2) is 10.1. The van der Waals surface area contributed by atoms with Gasteiger partial charge in [-0.3, -0.25) is 9.59 Å². The van der Waals surface area contributed by atoms with Crippen LogP contribution in [0.25, 0.3) is 11.6 Å². The molecule has 0 saturated heterocycles. The van der Waals surface area contributed by atoms with Crippen LogP contribution in [0.3, 0.4) is 0 Å². The smallest absolute Gasteiger partial charge is 0.461 e. The number of aryl methyl sites for hydroxylation is 1. The van der Waals surface area contributed by atoms with Crippen LogP contribution in [-0.2, 0) is 11.3 Å². The van der Waals surface area contributed by atoms with Gasteiger partial charge in [-0.15, -0.1) is 11.8 Å². The first-order valence-electron chi connectivity index (χ1n) is 9.87. The maximum absolute atomic E-state index is 13.0. The number of hydrogen-bond acceptors (Lipinski definition) is 6. The average Bonchev–Trinajstić information content (AvgIpc) is 3.31. The first kappa shape index (κ1) is 24.3. The van der Waals surface area contributed by atoms with Crippen molar-refractivity contribution in [3.8, 4) is 11.6 Å². The van der Waals surface area contributed by atoms with Gasteiger partial charge in [0.05, 0.1) is 17.5 Å². The summed E-state index contributed by atoms with van der Waals surface area (Å²) >= 11 is 1.28. The molecule has 0 bridgehead atoms. The largest absolute Gasteiger partial charge is 0.471 e. The minimum absolute atomic E-state index is 0.107. The molecule has 0 spiro atoms. The maximum atomic E-state index is 13.0. The Morgan fingerprint density at radius 2 is 1.94 bits per heavy atom. The van der Waals surface area contributed by atoms with E-state index in [1.165, 1.54) is 31.0 Å². The topological polar surface area (TPSA) is 88.3 Å². The molecule has 0 fully saturated rings. The van der Waals surface area contributed by atoms with Crippen molar-refractivity contribution in [2.24, 2.45) is 0 Å². The molecule has 0 radical (unpaired) electrons. The highest BCUT2D eigenvalue weighted by Gasteiger charge is 2.41. The Hall–Kier alpha value is -3.34. The lowest BCUT2D eigenvalue weighted by molar-refractivity contribution is -0.185. The van der Waals surface area contributed by atoms with Gasteiger partial charge in [0.15, 0.2) is 11.6 Å². The summed E-state index contributed by atoms with van der Waals surface area (Å²) in [5.74, 6) is -1.54. The number of halogens is 3. The van der Waals surface area contributed by atoms with E-state index in [2.05, 4.69) is 15.3 Å². The van der Waals surface area contributed by atoms with E-state index in [1.807, 2.05) is 0 Å². The predicted molar refractivity (Wildman–Crippen MR) is 118 cm³/mol. The van der Waals surface area contributed by atoms with Gasteiger partial charge in [0.25, 0.3) is 5.91 Å². The molecule has 0 atom stereocenters. The lowest BCUT2D eigenvalue weighted by atomic mass is 10.1. The summed E-state index contributed by atoms with van der Waals surface area (Å²) in [6.07, 6.45) is -1.67. The molecule has 0 aliphatic rings. The highest BCUT2D eigenvalue weighted by Crippen LogP contribution is 2.26. The Morgan fingerprint density at radius 3 is 2.55 bits per heavy atom. The molecule has 3 rings (SSSR count). The van der Waals surface area contributed by atoms with Crippen molar-refractivity contribution in [2.45, 2.75) is 31.6 Å². The summed E-state index contributed by atoms with van der Waals surface area (Å²) in [4.78, 5) is 34.1. The van der Waals surface area contributed by atoms with E-state index >= 15 is 0 Å². The highest BCUT2D eigenvalue weighted by atomic mass is 32.2. The van der Waals surface area contributed by atoms with Gasteiger partial charge in [-0.25, -0.2) is 9.97 Å². The predicted octanol–water partition coefficient (Wildman–Crippen LogP) is 4.93. The number of alkyl halides is 3. The summed E-state index contributed by atoms with van der Waals surface area (Å²) in [6.45, 7) is 2.80. The third kappa shape index (κ3) is 5.72. The summed E-state index contributed by atoms with van der Waals surface area (Å²) in [7, 11) is 0. The van der Waals surface area contributed by atoms with Crippen molar-refractivity contribution < 1.29 is 27.2 Å². The summed E-state index contributed by atoms with van der Waals surface area (Å²) in [6, 6.07) is 9.74. The van der Waals surface area contributed by atoms with Gasteiger partial charge in [0.2, 0.25) is 0 Å². The summed E-state index contributed by atoms with van der Waals surface area (Å²) in [5, 5.41) is 3.19. The number of hydrogen-bond donors (Lipinski definition) is 1.